The first kappa shape index (κ1) is 26.4. The van der Waals surface area contributed by atoms with Crippen LogP contribution < -0.4 is 10.6 Å². The van der Waals surface area contributed by atoms with E-state index in [1.807, 2.05) is 0 Å². The molecule has 0 fully saturated rings. The zero-order valence-corrected chi connectivity index (χ0v) is 22.1. The summed E-state index contributed by atoms with van der Waals surface area (Å²) >= 11 is 15.4. The highest BCUT2D eigenvalue weighted by atomic mass is 35.5. The third-order valence-corrected chi connectivity index (χ3v) is 8.47. The highest BCUT2D eigenvalue weighted by Gasteiger charge is 2.17. The first-order valence-electron chi connectivity index (χ1n) is 10.0. The molecule has 0 saturated carbocycles. The van der Waals surface area contributed by atoms with Gasteiger partial charge in [0.05, 0.1) is 27.0 Å². The van der Waals surface area contributed by atoms with Gasteiger partial charge in [0, 0.05) is 11.1 Å². The van der Waals surface area contributed by atoms with E-state index in [0.717, 1.165) is 17.8 Å². The van der Waals surface area contributed by atoms with Crippen LogP contribution in [0.15, 0.2) is 45.3 Å². The van der Waals surface area contributed by atoms with Crippen LogP contribution in [0.5, 0.6) is 0 Å². The van der Waals surface area contributed by atoms with Crippen LogP contribution >= 0.6 is 58.1 Å². The Morgan fingerprint density at radius 1 is 1.14 bits per heavy atom. The normalized spacial score (nSPS) is 11.9. The van der Waals surface area contributed by atoms with Gasteiger partial charge >= 0.3 is 5.97 Å². The van der Waals surface area contributed by atoms with Crippen LogP contribution in [-0.4, -0.2) is 48.2 Å². The summed E-state index contributed by atoms with van der Waals surface area (Å²) in [7, 11) is 0. The number of aliphatic carboxylic acids is 1. The number of thioether (sulfide) groups is 2. The quantitative estimate of drug-likeness (QED) is 0.160. The van der Waals surface area contributed by atoms with Crippen molar-refractivity contribution < 1.29 is 19.1 Å². The predicted octanol–water partition coefficient (Wildman–Crippen LogP) is 5.97. The summed E-state index contributed by atoms with van der Waals surface area (Å²) in [5.41, 5.74) is 1.15. The number of hydrogen-bond acceptors (Lipinski definition) is 10. The van der Waals surface area contributed by atoms with Crippen LogP contribution in [-0.2, 0) is 9.59 Å². The Hall–Kier alpha value is -2.71. The molecule has 1 amide bonds. The Labute approximate surface area is 226 Å². The molecule has 0 aliphatic rings. The smallest absolute Gasteiger partial charge is 0.316 e. The molecule has 36 heavy (non-hydrogen) atoms. The molecule has 9 nitrogen and oxygen atoms in total. The molecule has 15 heteroatoms. The molecule has 2 heterocycles. The van der Waals surface area contributed by atoms with E-state index in [-0.39, 0.29) is 27.4 Å². The predicted molar refractivity (Wildman–Crippen MR) is 141 cm³/mol. The largest absolute Gasteiger partial charge is 0.480 e. The number of nitrogens with one attached hydrogen (secondary N) is 2. The molecule has 0 saturated heterocycles. The lowest BCUT2D eigenvalue weighted by molar-refractivity contribution is -0.136. The summed E-state index contributed by atoms with van der Waals surface area (Å²) in [4.78, 5) is 31.9. The third kappa shape index (κ3) is 6.53. The molecule has 2 aromatic carbocycles. The maximum atomic E-state index is 14.3. The fourth-order valence-corrected chi connectivity index (χ4v) is 6.02. The maximum absolute atomic E-state index is 14.3. The highest BCUT2D eigenvalue weighted by Crippen LogP contribution is 2.33. The molecular weight excluding hydrogens is 570 g/mol. The van der Waals surface area contributed by atoms with Crippen molar-refractivity contribution in [3.8, 4) is 0 Å². The Kier molecular flexibility index (Phi) is 8.46. The minimum absolute atomic E-state index is 0.0662. The van der Waals surface area contributed by atoms with E-state index < -0.39 is 17.0 Å². The number of carbonyl (C=O) groups excluding carboxylic acids is 1. The van der Waals surface area contributed by atoms with Gasteiger partial charge in [-0.1, -0.05) is 58.1 Å². The molecule has 0 bridgehead atoms. The first-order valence-corrected chi connectivity index (χ1v) is 13.5. The second-order valence-corrected chi connectivity index (χ2v) is 11.7. The van der Waals surface area contributed by atoms with Gasteiger partial charge in [-0.15, -0.1) is 10.2 Å². The van der Waals surface area contributed by atoms with Gasteiger partial charge in [-0.2, -0.15) is 0 Å². The molecule has 4 aromatic rings. The van der Waals surface area contributed by atoms with Gasteiger partial charge in [-0.3, -0.25) is 9.59 Å². The van der Waals surface area contributed by atoms with E-state index >= 15 is 0 Å². The topological polar surface area (TPSA) is 130 Å². The molecule has 0 spiro atoms. The van der Waals surface area contributed by atoms with E-state index in [4.69, 9.17) is 28.3 Å². The summed E-state index contributed by atoms with van der Waals surface area (Å²) in [5.74, 6) is -1.45. The average Bonchev–Trinajstić information content (AvgIpc) is 3.28. The first-order chi connectivity index (χ1) is 17.2. The van der Waals surface area contributed by atoms with Gasteiger partial charge in [-0.05, 0) is 37.3 Å². The van der Waals surface area contributed by atoms with Crippen molar-refractivity contribution in [3.63, 3.8) is 0 Å². The van der Waals surface area contributed by atoms with Crippen molar-refractivity contribution in [2.24, 2.45) is 0 Å². The van der Waals surface area contributed by atoms with E-state index in [2.05, 4.69) is 30.8 Å². The zero-order chi connectivity index (χ0) is 25.8. The molecule has 0 aliphatic carbocycles. The van der Waals surface area contributed by atoms with Crippen molar-refractivity contribution in [2.45, 2.75) is 20.9 Å². The Bertz CT molecular complexity index is 1460. The minimum atomic E-state index is -0.940. The monoisotopic (exact) mass is 584 g/mol. The summed E-state index contributed by atoms with van der Waals surface area (Å²) < 4.78 is 15.4. The SMILES string of the molecule is CC(Sc1nnc(SCC(=O)Nc2ccc3ncnc(Nc4cc(Cl)c(Cl)cc4F)c3c2)s1)C(=O)O. The molecule has 1 atom stereocenters. The summed E-state index contributed by atoms with van der Waals surface area (Å²) in [6.45, 7) is 1.56. The van der Waals surface area contributed by atoms with Crippen LogP contribution in [0.2, 0.25) is 10.0 Å². The number of aromatic nitrogens is 4. The van der Waals surface area contributed by atoms with Crippen LogP contribution in [0.4, 0.5) is 21.6 Å². The van der Waals surface area contributed by atoms with Crippen molar-refractivity contribution >= 4 is 98.0 Å². The van der Waals surface area contributed by atoms with Gasteiger partial charge in [0.25, 0.3) is 0 Å². The number of amides is 1. The molecular formula is C21H15Cl2FN6O3S3. The van der Waals surface area contributed by atoms with Crippen molar-refractivity contribution in [2.75, 3.05) is 16.4 Å². The van der Waals surface area contributed by atoms with Crippen molar-refractivity contribution in [1.29, 1.82) is 0 Å². The number of nitrogens with zero attached hydrogens (tertiary/aromatic N) is 4. The van der Waals surface area contributed by atoms with Crippen LogP contribution in [0.3, 0.4) is 0 Å². The number of rotatable bonds is 9. The van der Waals surface area contributed by atoms with Crippen LogP contribution in [0, 0.1) is 5.82 Å². The number of anilines is 3. The summed E-state index contributed by atoms with van der Waals surface area (Å²) in [5, 5.41) is 22.8. The van der Waals surface area contributed by atoms with Gasteiger partial charge in [-0.25, -0.2) is 14.4 Å². The maximum Gasteiger partial charge on any atom is 0.316 e. The van der Waals surface area contributed by atoms with Gasteiger partial charge < -0.3 is 15.7 Å². The molecule has 186 valence electrons. The van der Waals surface area contributed by atoms with E-state index in [0.29, 0.717) is 31.1 Å². The minimum Gasteiger partial charge on any atom is -0.480 e. The van der Waals surface area contributed by atoms with Gasteiger partial charge in [0.1, 0.15) is 23.2 Å². The van der Waals surface area contributed by atoms with Crippen LogP contribution in [0.1, 0.15) is 6.92 Å². The van der Waals surface area contributed by atoms with E-state index in [9.17, 15) is 14.0 Å². The summed E-state index contributed by atoms with van der Waals surface area (Å²) in [6.07, 6.45) is 1.33. The van der Waals surface area contributed by atoms with E-state index in [1.54, 1.807) is 25.1 Å². The van der Waals surface area contributed by atoms with Gasteiger partial charge in [0.15, 0.2) is 8.68 Å². The number of carboxylic acids is 1. The van der Waals surface area contributed by atoms with Crippen LogP contribution in [0.25, 0.3) is 10.9 Å². The van der Waals surface area contributed by atoms with Crippen molar-refractivity contribution in [3.05, 3.63) is 52.5 Å². The molecule has 0 aliphatic heterocycles. The molecule has 1 unspecified atom stereocenters. The number of hydrogen-bond donors (Lipinski definition) is 3. The highest BCUT2D eigenvalue weighted by molar-refractivity contribution is 8.04. The lowest BCUT2D eigenvalue weighted by Gasteiger charge is -2.11. The Morgan fingerprint density at radius 3 is 2.67 bits per heavy atom. The third-order valence-electron chi connectivity index (χ3n) is 4.52. The summed E-state index contributed by atoms with van der Waals surface area (Å²) in [6, 6.07) is 7.52. The second kappa shape index (κ2) is 11.6. The standard InChI is InChI=1S/C21H15Cl2FN6O3S3/c1-9(19(32)33)35-21-30-29-20(36-21)34-7-17(31)27-10-2-3-15-11(4-10)18(26-8-25-15)28-16-6-13(23)12(22)5-14(16)24/h2-6,8-9H,7H2,1H3,(H,27,31)(H,32,33)(H,25,26,28). The second-order valence-electron chi connectivity index (χ2n) is 7.09. The number of halogens is 3. The molecule has 3 N–H and O–H groups in total. The Balaban J connectivity index is 1.44. The lowest BCUT2D eigenvalue weighted by atomic mass is 10.2. The van der Waals surface area contributed by atoms with Crippen molar-refractivity contribution in [1.82, 2.24) is 20.2 Å². The number of carbonyl (C=O) groups is 2. The fraction of sp³-hybridized carbons (Fsp3) is 0.143. The molecule has 4 rings (SSSR count). The fourth-order valence-electron chi connectivity index (χ4n) is 2.81. The van der Waals surface area contributed by atoms with Gasteiger partial charge in [0.2, 0.25) is 5.91 Å². The molecule has 2 aromatic heterocycles. The number of fused-ring (bicyclic) bond motifs is 1. The Morgan fingerprint density at radius 2 is 1.89 bits per heavy atom. The lowest BCUT2D eigenvalue weighted by Crippen LogP contribution is -2.14. The number of carboxylic acid groups (broad SMARTS) is 1. The molecule has 0 radical (unpaired) electrons. The van der Waals surface area contributed by atoms with E-state index in [1.165, 1.54) is 35.5 Å². The zero-order valence-electron chi connectivity index (χ0n) is 18.2. The average molecular weight is 585 g/mol. The number of benzene rings is 2.